The van der Waals surface area contributed by atoms with Gasteiger partial charge in [0.15, 0.2) is 13.1 Å². The molecule has 0 aromatic heterocycles. The zero-order valence-electron chi connectivity index (χ0n) is 7.12. The molecule has 0 N–H and O–H groups in total. The van der Waals surface area contributed by atoms with Gasteiger partial charge < -0.3 is 9.47 Å². The zero-order chi connectivity index (χ0) is 9.68. The van der Waals surface area contributed by atoms with Crippen molar-refractivity contribution in [1.29, 1.82) is 0 Å². The second-order valence-corrected chi connectivity index (χ2v) is 3.18. The third-order valence-electron chi connectivity index (χ3n) is 1.45. The van der Waals surface area contributed by atoms with E-state index in [0.717, 1.165) is 10.8 Å². The largest absolute Gasteiger partial charge is 0.466 e. The van der Waals surface area contributed by atoms with Crippen LogP contribution in [-0.2, 0) is 4.74 Å². The number of methoxy groups -OCH3 is 1. The highest BCUT2D eigenvalue weighted by molar-refractivity contribution is 9.10. The highest BCUT2D eigenvalue weighted by atomic mass is 79.9. The lowest BCUT2D eigenvalue weighted by Gasteiger charge is -2.08. The maximum absolute atomic E-state index is 10.6. The van der Waals surface area contributed by atoms with Gasteiger partial charge in [0.05, 0.1) is 10.0 Å². The lowest BCUT2D eigenvalue weighted by molar-refractivity contribution is 0.0500. The first-order chi connectivity index (χ1) is 6.29. The standard InChI is InChI=1S/C9H9BrO3/c1-12-6-13-9-7(5-11)3-2-4-8(9)10/h2-5H,6H2,1H3. The molecule has 0 radical (unpaired) electrons. The van der Waals surface area contributed by atoms with Gasteiger partial charge in [-0.25, -0.2) is 0 Å². The van der Waals surface area contributed by atoms with E-state index < -0.39 is 0 Å². The molecule has 0 fully saturated rings. The number of aldehydes is 1. The minimum atomic E-state index is 0.128. The first kappa shape index (κ1) is 10.2. The van der Waals surface area contributed by atoms with Crippen LogP contribution < -0.4 is 4.74 Å². The maximum Gasteiger partial charge on any atom is 0.188 e. The van der Waals surface area contributed by atoms with Crippen LogP contribution in [0.3, 0.4) is 0 Å². The summed E-state index contributed by atoms with van der Waals surface area (Å²) in [6, 6.07) is 5.26. The monoisotopic (exact) mass is 244 g/mol. The molecule has 70 valence electrons. The molecule has 1 aromatic rings. The number of carbonyl (C=O) groups excluding carboxylic acids is 1. The molecule has 1 rings (SSSR count). The molecule has 0 amide bonds. The summed E-state index contributed by atoms with van der Waals surface area (Å²) in [5, 5.41) is 0. The molecule has 0 bridgehead atoms. The van der Waals surface area contributed by atoms with E-state index in [4.69, 9.17) is 9.47 Å². The summed E-state index contributed by atoms with van der Waals surface area (Å²) in [7, 11) is 1.53. The molecule has 13 heavy (non-hydrogen) atoms. The van der Waals surface area contributed by atoms with E-state index in [2.05, 4.69) is 15.9 Å². The van der Waals surface area contributed by atoms with Crippen LogP contribution in [0.2, 0.25) is 0 Å². The molecule has 0 saturated carbocycles. The molecule has 0 aliphatic heterocycles. The first-order valence-electron chi connectivity index (χ1n) is 3.65. The highest BCUT2D eigenvalue weighted by Crippen LogP contribution is 2.27. The summed E-state index contributed by atoms with van der Waals surface area (Å²) in [4.78, 5) is 10.6. The Morgan fingerprint density at radius 2 is 2.31 bits per heavy atom. The number of ether oxygens (including phenoxy) is 2. The van der Waals surface area contributed by atoms with Crippen LogP contribution in [0.4, 0.5) is 0 Å². The smallest absolute Gasteiger partial charge is 0.188 e. The molecule has 0 spiro atoms. The molecular weight excluding hydrogens is 236 g/mol. The molecular formula is C9H9BrO3. The van der Waals surface area contributed by atoms with Gasteiger partial charge in [0.25, 0.3) is 0 Å². The van der Waals surface area contributed by atoms with Gasteiger partial charge in [-0.1, -0.05) is 6.07 Å². The van der Waals surface area contributed by atoms with Crippen molar-refractivity contribution in [1.82, 2.24) is 0 Å². The lowest BCUT2D eigenvalue weighted by atomic mass is 10.2. The number of benzene rings is 1. The fraction of sp³-hybridized carbons (Fsp3) is 0.222. The number of rotatable bonds is 4. The van der Waals surface area contributed by atoms with Crippen molar-refractivity contribution >= 4 is 22.2 Å². The van der Waals surface area contributed by atoms with E-state index in [1.807, 2.05) is 0 Å². The van der Waals surface area contributed by atoms with Gasteiger partial charge >= 0.3 is 0 Å². The van der Waals surface area contributed by atoms with Gasteiger partial charge in [-0.05, 0) is 28.1 Å². The van der Waals surface area contributed by atoms with E-state index in [1.54, 1.807) is 18.2 Å². The van der Waals surface area contributed by atoms with E-state index in [0.29, 0.717) is 11.3 Å². The van der Waals surface area contributed by atoms with Crippen LogP contribution in [0.5, 0.6) is 5.75 Å². The summed E-state index contributed by atoms with van der Waals surface area (Å²) < 4.78 is 10.7. The summed E-state index contributed by atoms with van der Waals surface area (Å²) in [5.41, 5.74) is 0.506. The minimum absolute atomic E-state index is 0.128. The van der Waals surface area contributed by atoms with Crippen LogP contribution in [0, 0.1) is 0 Å². The Balaban J connectivity index is 2.93. The van der Waals surface area contributed by atoms with Crippen LogP contribution in [0.1, 0.15) is 10.4 Å². The average Bonchev–Trinajstić information content (AvgIpc) is 2.15. The van der Waals surface area contributed by atoms with E-state index in [1.165, 1.54) is 7.11 Å². The van der Waals surface area contributed by atoms with Crippen LogP contribution in [0.25, 0.3) is 0 Å². The number of carbonyl (C=O) groups is 1. The molecule has 4 heteroatoms. The second kappa shape index (κ2) is 4.99. The third kappa shape index (κ3) is 2.54. The Morgan fingerprint density at radius 3 is 2.92 bits per heavy atom. The molecule has 0 aliphatic carbocycles. The van der Waals surface area contributed by atoms with Crippen LogP contribution in [0.15, 0.2) is 22.7 Å². The predicted octanol–water partition coefficient (Wildman–Crippen LogP) is 2.24. The van der Waals surface area contributed by atoms with Gasteiger partial charge in [0, 0.05) is 7.11 Å². The molecule has 0 unspecified atom stereocenters. The van der Waals surface area contributed by atoms with Crippen molar-refractivity contribution < 1.29 is 14.3 Å². The molecule has 0 atom stereocenters. The van der Waals surface area contributed by atoms with Crippen LogP contribution >= 0.6 is 15.9 Å². The van der Waals surface area contributed by atoms with Gasteiger partial charge in [0.2, 0.25) is 0 Å². The SMILES string of the molecule is COCOc1c(Br)cccc1C=O. The summed E-state index contributed by atoms with van der Waals surface area (Å²) in [6.45, 7) is 0.128. The fourth-order valence-corrected chi connectivity index (χ4v) is 1.38. The van der Waals surface area contributed by atoms with Crippen molar-refractivity contribution in [3.8, 4) is 5.75 Å². The molecule has 0 saturated heterocycles. The first-order valence-corrected chi connectivity index (χ1v) is 4.44. The van der Waals surface area contributed by atoms with Gasteiger partial charge in [-0.3, -0.25) is 4.79 Å². The van der Waals surface area contributed by atoms with Crippen molar-refractivity contribution in [2.24, 2.45) is 0 Å². The Kier molecular flexibility index (Phi) is 3.92. The fourth-order valence-electron chi connectivity index (χ4n) is 0.888. The quantitative estimate of drug-likeness (QED) is 0.602. The number of hydrogen-bond donors (Lipinski definition) is 0. The van der Waals surface area contributed by atoms with Crippen molar-refractivity contribution in [3.63, 3.8) is 0 Å². The number of halogens is 1. The van der Waals surface area contributed by atoms with Crippen molar-refractivity contribution in [2.45, 2.75) is 0 Å². The highest BCUT2D eigenvalue weighted by Gasteiger charge is 2.06. The van der Waals surface area contributed by atoms with Crippen molar-refractivity contribution in [3.05, 3.63) is 28.2 Å². The number of para-hydroxylation sites is 1. The number of hydrogen-bond acceptors (Lipinski definition) is 3. The van der Waals surface area contributed by atoms with Gasteiger partial charge in [-0.15, -0.1) is 0 Å². The summed E-state index contributed by atoms with van der Waals surface area (Å²) >= 11 is 3.28. The van der Waals surface area contributed by atoms with Gasteiger partial charge in [0.1, 0.15) is 5.75 Å². The van der Waals surface area contributed by atoms with E-state index in [-0.39, 0.29) is 6.79 Å². The lowest BCUT2D eigenvalue weighted by Crippen LogP contribution is -2.01. The van der Waals surface area contributed by atoms with Crippen LogP contribution in [-0.4, -0.2) is 20.2 Å². The Hall–Kier alpha value is -0.870. The second-order valence-electron chi connectivity index (χ2n) is 2.33. The molecule has 0 aliphatic rings. The summed E-state index contributed by atoms with van der Waals surface area (Å²) in [6.07, 6.45) is 0.746. The topological polar surface area (TPSA) is 35.5 Å². The summed E-state index contributed by atoms with van der Waals surface area (Å²) in [5.74, 6) is 0.513. The van der Waals surface area contributed by atoms with E-state index in [9.17, 15) is 4.79 Å². The third-order valence-corrected chi connectivity index (χ3v) is 2.07. The Labute approximate surface area is 84.8 Å². The molecule has 1 aromatic carbocycles. The minimum Gasteiger partial charge on any atom is -0.466 e. The van der Waals surface area contributed by atoms with E-state index >= 15 is 0 Å². The Morgan fingerprint density at radius 1 is 1.54 bits per heavy atom. The van der Waals surface area contributed by atoms with Crippen molar-refractivity contribution in [2.75, 3.05) is 13.9 Å². The molecule has 0 heterocycles. The Bertz CT molecular complexity index is 299. The van der Waals surface area contributed by atoms with Gasteiger partial charge in [-0.2, -0.15) is 0 Å². The zero-order valence-corrected chi connectivity index (χ0v) is 8.71. The predicted molar refractivity (Wildman–Crippen MR) is 52.0 cm³/mol. The normalized spacial score (nSPS) is 9.69. The maximum atomic E-state index is 10.6. The average molecular weight is 245 g/mol. The molecule has 3 nitrogen and oxygen atoms in total.